The Kier molecular flexibility index (Phi) is 3.24. The highest BCUT2D eigenvalue weighted by Gasteiger charge is 2.34. The molecule has 0 fully saturated rings. The number of carbonyl (C=O) groups excluding carboxylic acids is 2. The minimum atomic E-state index is -0.281. The molecule has 3 nitrogen and oxygen atoms in total. The van der Waals surface area contributed by atoms with Crippen LogP contribution in [0.15, 0.2) is 42.5 Å². The molecule has 0 unspecified atom stereocenters. The summed E-state index contributed by atoms with van der Waals surface area (Å²) in [4.78, 5) is 25.6. The summed E-state index contributed by atoms with van der Waals surface area (Å²) >= 11 is 11.8. The number of benzene rings is 2. The molecule has 0 saturated carbocycles. The smallest absolute Gasteiger partial charge is 0.261 e. The summed E-state index contributed by atoms with van der Waals surface area (Å²) in [6.07, 6.45) is 0. The van der Waals surface area contributed by atoms with Gasteiger partial charge >= 0.3 is 0 Å². The van der Waals surface area contributed by atoms with Gasteiger partial charge in [-0.2, -0.15) is 0 Å². The highest BCUT2D eigenvalue weighted by molar-refractivity contribution is 6.42. The third-order valence-electron chi connectivity index (χ3n) is 3.20. The lowest BCUT2D eigenvalue weighted by Crippen LogP contribution is -2.29. The molecule has 2 amide bonds. The van der Waals surface area contributed by atoms with Crippen LogP contribution in [-0.4, -0.2) is 16.7 Å². The fraction of sp³-hybridized carbons (Fsp3) is 0.0667. The van der Waals surface area contributed by atoms with Crippen LogP contribution >= 0.6 is 23.2 Å². The van der Waals surface area contributed by atoms with Gasteiger partial charge in [0, 0.05) is 0 Å². The first-order valence-electron chi connectivity index (χ1n) is 5.97. The summed E-state index contributed by atoms with van der Waals surface area (Å²) in [7, 11) is 0. The van der Waals surface area contributed by atoms with Crippen molar-refractivity contribution in [2.75, 3.05) is 0 Å². The first-order chi connectivity index (χ1) is 9.58. The number of halogens is 2. The van der Waals surface area contributed by atoms with E-state index in [4.69, 9.17) is 23.2 Å². The van der Waals surface area contributed by atoms with Gasteiger partial charge in [0.25, 0.3) is 11.8 Å². The molecule has 5 heteroatoms. The zero-order valence-corrected chi connectivity index (χ0v) is 11.8. The molecule has 0 N–H and O–H groups in total. The Bertz CT molecular complexity index is 693. The van der Waals surface area contributed by atoms with Crippen LogP contribution in [-0.2, 0) is 6.54 Å². The fourth-order valence-corrected chi connectivity index (χ4v) is 2.52. The Morgan fingerprint density at radius 3 is 2.00 bits per heavy atom. The van der Waals surface area contributed by atoms with Crippen LogP contribution in [0.25, 0.3) is 0 Å². The van der Waals surface area contributed by atoms with Gasteiger partial charge in [0.1, 0.15) is 0 Å². The van der Waals surface area contributed by atoms with Gasteiger partial charge < -0.3 is 0 Å². The van der Waals surface area contributed by atoms with Gasteiger partial charge in [-0.25, -0.2) is 0 Å². The van der Waals surface area contributed by atoms with Crippen molar-refractivity contribution in [1.29, 1.82) is 0 Å². The maximum Gasteiger partial charge on any atom is 0.261 e. The molecule has 3 rings (SSSR count). The van der Waals surface area contributed by atoms with Crippen molar-refractivity contribution in [3.63, 3.8) is 0 Å². The molecule has 1 heterocycles. The summed E-state index contributed by atoms with van der Waals surface area (Å²) in [5.41, 5.74) is 1.64. The molecule has 0 bridgehead atoms. The van der Waals surface area contributed by atoms with E-state index < -0.39 is 0 Å². The third-order valence-corrected chi connectivity index (χ3v) is 3.94. The predicted molar refractivity (Wildman–Crippen MR) is 77.1 cm³/mol. The van der Waals surface area contributed by atoms with E-state index >= 15 is 0 Å². The summed E-state index contributed by atoms with van der Waals surface area (Å²) in [6, 6.07) is 11.9. The maximum atomic E-state index is 12.2. The predicted octanol–water partition coefficient (Wildman–Crippen LogP) is 3.79. The van der Waals surface area contributed by atoms with Crippen LogP contribution < -0.4 is 0 Å². The van der Waals surface area contributed by atoms with E-state index in [2.05, 4.69) is 0 Å². The number of rotatable bonds is 2. The lowest BCUT2D eigenvalue weighted by molar-refractivity contribution is 0.0642. The molecule has 20 heavy (non-hydrogen) atoms. The quantitative estimate of drug-likeness (QED) is 0.792. The normalized spacial score (nSPS) is 13.8. The Morgan fingerprint density at radius 2 is 1.45 bits per heavy atom. The van der Waals surface area contributed by atoms with E-state index in [1.165, 1.54) is 4.90 Å². The monoisotopic (exact) mass is 305 g/mol. The summed E-state index contributed by atoms with van der Waals surface area (Å²) in [5, 5.41) is 0.846. The average Bonchev–Trinajstić information content (AvgIpc) is 2.69. The Morgan fingerprint density at radius 1 is 0.850 bits per heavy atom. The molecule has 1 aliphatic heterocycles. The van der Waals surface area contributed by atoms with Crippen molar-refractivity contribution in [3.8, 4) is 0 Å². The first-order valence-corrected chi connectivity index (χ1v) is 6.72. The van der Waals surface area contributed by atoms with E-state index in [1.807, 2.05) is 0 Å². The van der Waals surface area contributed by atoms with Crippen LogP contribution in [0.5, 0.6) is 0 Å². The minimum Gasteiger partial charge on any atom is -0.270 e. The average molecular weight is 306 g/mol. The molecule has 1 aliphatic rings. The molecule has 100 valence electrons. The zero-order valence-electron chi connectivity index (χ0n) is 10.3. The lowest BCUT2D eigenvalue weighted by atomic mass is 10.1. The van der Waals surface area contributed by atoms with Gasteiger partial charge in [0.05, 0.1) is 27.7 Å². The SMILES string of the molecule is O=C1c2ccccc2C(=O)N1Cc1ccc(Cl)c(Cl)c1. The molecular formula is C15H9Cl2NO2. The second-order valence-electron chi connectivity index (χ2n) is 4.49. The highest BCUT2D eigenvalue weighted by Crippen LogP contribution is 2.27. The van der Waals surface area contributed by atoms with E-state index in [9.17, 15) is 9.59 Å². The Labute approximate surface area is 125 Å². The van der Waals surface area contributed by atoms with Crippen LogP contribution in [0.1, 0.15) is 26.3 Å². The maximum absolute atomic E-state index is 12.2. The Balaban J connectivity index is 1.91. The van der Waals surface area contributed by atoms with Crippen LogP contribution in [0.3, 0.4) is 0 Å². The van der Waals surface area contributed by atoms with Gasteiger partial charge in [-0.05, 0) is 29.8 Å². The van der Waals surface area contributed by atoms with Gasteiger partial charge in [0.2, 0.25) is 0 Å². The second kappa shape index (κ2) is 4.93. The summed E-state index contributed by atoms with van der Waals surface area (Å²) in [6.45, 7) is 0.184. The van der Waals surface area contributed by atoms with Crippen molar-refractivity contribution < 1.29 is 9.59 Å². The minimum absolute atomic E-state index is 0.184. The van der Waals surface area contributed by atoms with Gasteiger partial charge in [-0.1, -0.05) is 41.4 Å². The number of amides is 2. The molecule has 0 aromatic heterocycles. The molecule has 2 aromatic rings. The molecule has 2 aromatic carbocycles. The largest absolute Gasteiger partial charge is 0.270 e. The fourth-order valence-electron chi connectivity index (χ4n) is 2.20. The van der Waals surface area contributed by atoms with Gasteiger partial charge in [0.15, 0.2) is 0 Å². The summed E-state index contributed by atoms with van der Waals surface area (Å²) in [5.74, 6) is -0.562. The number of hydrogen-bond acceptors (Lipinski definition) is 2. The molecule has 0 atom stereocenters. The van der Waals surface area contributed by atoms with Crippen LogP contribution in [0.4, 0.5) is 0 Å². The van der Waals surface area contributed by atoms with E-state index in [-0.39, 0.29) is 18.4 Å². The zero-order chi connectivity index (χ0) is 14.3. The number of nitrogens with zero attached hydrogens (tertiary/aromatic N) is 1. The topological polar surface area (TPSA) is 37.4 Å². The highest BCUT2D eigenvalue weighted by atomic mass is 35.5. The van der Waals surface area contributed by atoms with Crippen molar-refractivity contribution >= 4 is 35.0 Å². The molecular weight excluding hydrogens is 297 g/mol. The summed E-state index contributed by atoms with van der Waals surface area (Å²) < 4.78 is 0. The number of carbonyl (C=O) groups is 2. The third kappa shape index (κ3) is 2.09. The molecule has 0 spiro atoms. The van der Waals surface area contributed by atoms with Crippen LogP contribution in [0, 0.1) is 0 Å². The van der Waals surface area contributed by atoms with Crippen molar-refractivity contribution in [2.24, 2.45) is 0 Å². The molecule has 0 radical (unpaired) electrons. The van der Waals surface area contributed by atoms with E-state index in [0.29, 0.717) is 21.2 Å². The first kappa shape index (κ1) is 13.2. The van der Waals surface area contributed by atoms with Gasteiger partial charge in [-0.3, -0.25) is 14.5 Å². The van der Waals surface area contributed by atoms with Crippen LogP contribution in [0.2, 0.25) is 10.0 Å². The molecule has 0 aliphatic carbocycles. The lowest BCUT2D eigenvalue weighted by Gasteiger charge is -2.14. The van der Waals surface area contributed by atoms with Crippen molar-refractivity contribution in [1.82, 2.24) is 4.90 Å². The second-order valence-corrected chi connectivity index (χ2v) is 5.30. The standard InChI is InChI=1S/C15H9Cl2NO2/c16-12-6-5-9(7-13(12)17)8-18-14(19)10-3-1-2-4-11(10)15(18)20/h1-7H,8H2. The van der Waals surface area contributed by atoms with Gasteiger partial charge in [-0.15, -0.1) is 0 Å². The Hall–Kier alpha value is -1.84. The molecule has 0 saturated heterocycles. The van der Waals surface area contributed by atoms with Crippen molar-refractivity contribution in [2.45, 2.75) is 6.54 Å². The number of fused-ring (bicyclic) bond motifs is 1. The van der Waals surface area contributed by atoms with E-state index in [1.54, 1.807) is 42.5 Å². The number of hydrogen-bond donors (Lipinski definition) is 0. The van der Waals surface area contributed by atoms with Crippen molar-refractivity contribution in [3.05, 3.63) is 69.2 Å². The number of imide groups is 1. The van der Waals surface area contributed by atoms with E-state index in [0.717, 1.165) is 5.56 Å².